The van der Waals surface area contributed by atoms with E-state index in [1.165, 1.54) is 63.9 Å². The Hall–Kier alpha value is -1.36. The van der Waals surface area contributed by atoms with E-state index in [1.54, 1.807) is 0 Å². The largest absolute Gasteiger partial charge is 0.350 e. The van der Waals surface area contributed by atoms with Crippen LogP contribution < -0.4 is 5.32 Å². The van der Waals surface area contributed by atoms with E-state index in [9.17, 15) is 4.79 Å². The van der Waals surface area contributed by atoms with Crippen molar-refractivity contribution in [2.45, 2.75) is 58.3 Å². The maximum atomic E-state index is 12.5. The molecule has 0 aromatic carbocycles. The van der Waals surface area contributed by atoms with Gasteiger partial charge in [0.1, 0.15) is 0 Å². The van der Waals surface area contributed by atoms with Crippen LogP contribution in [-0.4, -0.2) is 47.2 Å². The Morgan fingerprint density at radius 1 is 1.26 bits per heavy atom. The Bertz CT molecular complexity index is 517. The highest BCUT2D eigenvalue weighted by Gasteiger charge is 2.23. The molecule has 1 aliphatic carbocycles. The fourth-order valence-corrected chi connectivity index (χ4v) is 3.90. The highest BCUT2D eigenvalue weighted by atomic mass is 16.1. The number of nitrogens with zero attached hydrogens (tertiary/aromatic N) is 2. The summed E-state index contributed by atoms with van der Waals surface area (Å²) in [4.78, 5) is 15.0. The van der Waals surface area contributed by atoms with Gasteiger partial charge in [0, 0.05) is 17.8 Å². The number of aryl methyl sites for hydroxylation is 1. The van der Waals surface area contributed by atoms with Gasteiger partial charge in [-0.25, -0.2) is 0 Å². The van der Waals surface area contributed by atoms with Crippen molar-refractivity contribution in [3.05, 3.63) is 17.0 Å². The summed E-state index contributed by atoms with van der Waals surface area (Å²) in [6, 6.07) is 0. The van der Waals surface area contributed by atoms with Gasteiger partial charge in [-0.05, 0) is 70.5 Å². The van der Waals surface area contributed by atoms with Crippen molar-refractivity contribution in [3.63, 3.8) is 0 Å². The Kier molecular flexibility index (Phi) is 5.70. The quantitative estimate of drug-likeness (QED) is 0.820. The van der Waals surface area contributed by atoms with Gasteiger partial charge in [0.05, 0.1) is 0 Å². The van der Waals surface area contributed by atoms with Crippen LogP contribution in [0.2, 0.25) is 0 Å². The van der Waals surface area contributed by atoms with Gasteiger partial charge < -0.3 is 10.2 Å². The first-order valence-electron chi connectivity index (χ1n) is 9.34. The van der Waals surface area contributed by atoms with E-state index < -0.39 is 0 Å². The summed E-state index contributed by atoms with van der Waals surface area (Å²) in [6.45, 7) is 6.58. The third-order valence-electron chi connectivity index (χ3n) is 5.32. The molecule has 2 aliphatic rings. The predicted octanol–water partition coefficient (Wildman–Crippen LogP) is 2.53. The normalized spacial score (nSPS) is 20.0. The molecular formula is C18H30N4O. The van der Waals surface area contributed by atoms with Crippen LogP contribution >= 0.6 is 0 Å². The average Bonchev–Trinajstić information content (AvgIpc) is 2.83. The van der Waals surface area contributed by atoms with Crippen LogP contribution in [0.1, 0.15) is 67.2 Å². The third-order valence-corrected chi connectivity index (χ3v) is 5.32. The lowest BCUT2D eigenvalue weighted by molar-refractivity contribution is 0.0930. The molecule has 0 saturated carbocycles. The molecule has 1 fully saturated rings. The van der Waals surface area contributed by atoms with Gasteiger partial charge in [0.15, 0.2) is 5.69 Å². The molecule has 1 aromatic rings. The van der Waals surface area contributed by atoms with Crippen LogP contribution in [0.5, 0.6) is 0 Å². The molecule has 1 aliphatic heterocycles. The number of hydrogen-bond donors (Lipinski definition) is 2. The standard InChI is InChI=1S/C18H30N4O/c1-2-10-22-11-8-14(9-12-22)13-19-18(23)17-15-6-4-3-5-7-16(15)20-21-17/h14H,2-13H2,1H3,(H,19,23)(H,20,21). The lowest BCUT2D eigenvalue weighted by Gasteiger charge is -2.31. The topological polar surface area (TPSA) is 61.0 Å². The molecule has 2 heterocycles. The lowest BCUT2D eigenvalue weighted by atomic mass is 9.96. The average molecular weight is 318 g/mol. The zero-order valence-electron chi connectivity index (χ0n) is 14.4. The van der Waals surface area contributed by atoms with Crippen molar-refractivity contribution < 1.29 is 4.79 Å². The lowest BCUT2D eigenvalue weighted by Crippen LogP contribution is -2.39. The molecule has 3 rings (SSSR count). The highest BCUT2D eigenvalue weighted by Crippen LogP contribution is 2.22. The van der Waals surface area contributed by atoms with Gasteiger partial charge in [-0.15, -0.1) is 0 Å². The van der Waals surface area contributed by atoms with E-state index in [1.807, 2.05) is 0 Å². The number of rotatable bonds is 5. The molecule has 5 nitrogen and oxygen atoms in total. The molecule has 2 N–H and O–H groups in total. The number of carbonyl (C=O) groups excluding carboxylic acids is 1. The van der Waals surface area contributed by atoms with Crippen molar-refractivity contribution in [2.75, 3.05) is 26.2 Å². The maximum Gasteiger partial charge on any atom is 0.272 e. The number of amides is 1. The first-order chi connectivity index (χ1) is 11.3. The number of hydrogen-bond acceptors (Lipinski definition) is 3. The minimum atomic E-state index is 0.0142. The van der Waals surface area contributed by atoms with Crippen molar-refractivity contribution in [2.24, 2.45) is 5.92 Å². The first kappa shape index (κ1) is 16.5. The monoisotopic (exact) mass is 318 g/mol. The summed E-state index contributed by atoms with van der Waals surface area (Å²) in [6.07, 6.45) is 9.26. The number of carbonyl (C=O) groups is 1. The van der Waals surface area contributed by atoms with Crippen LogP contribution in [0.15, 0.2) is 0 Å². The van der Waals surface area contributed by atoms with E-state index in [-0.39, 0.29) is 5.91 Å². The fraction of sp³-hybridized carbons (Fsp3) is 0.778. The summed E-state index contributed by atoms with van der Waals surface area (Å²) < 4.78 is 0. The second-order valence-electron chi connectivity index (χ2n) is 7.09. The minimum absolute atomic E-state index is 0.0142. The zero-order chi connectivity index (χ0) is 16.1. The molecule has 0 bridgehead atoms. The van der Waals surface area contributed by atoms with Gasteiger partial charge in [-0.1, -0.05) is 13.3 Å². The summed E-state index contributed by atoms with van der Waals surface area (Å²) in [5.74, 6) is 0.630. The highest BCUT2D eigenvalue weighted by molar-refractivity contribution is 5.94. The van der Waals surface area contributed by atoms with Crippen LogP contribution in [0.25, 0.3) is 0 Å². The molecule has 128 valence electrons. The van der Waals surface area contributed by atoms with Crippen molar-refractivity contribution in [1.82, 2.24) is 20.4 Å². The molecule has 1 saturated heterocycles. The fourth-order valence-electron chi connectivity index (χ4n) is 3.90. The van der Waals surface area contributed by atoms with E-state index in [4.69, 9.17) is 0 Å². The first-order valence-corrected chi connectivity index (χ1v) is 9.34. The smallest absolute Gasteiger partial charge is 0.272 e. The number of fused-ring (bicyclic) bond motifs is 1. The van der Waals surface area contributed by atoms with Gasteiger partial charge >= 0.3 is 0 Å². The number of nitrogens with one attached hydrogen (secondary N) is 2. The van der Waals surface area contributed by atoms with E-state index in [0.29, 0.717) is 11.6 Å². The van der Waals surface area contributed by atoms with Gasteiger partial charge in [-0.2, -0.15) is 5.10 Å². The van der Waals surface area contributed by atoms with Crippen LogP contribution in [0, 0.1) is 5.92 Å². The van der Waals surface area contributed by atoms with Gasteiger partial charge in [-0.3, -0.25) is 9.89 Å². The van der Waals surface area contributed by atoms with Crippen molar-refractivity contribution in [1.29, 1.82) is 0 Å². The van der Waals surface area contributed by atoms with Gasteiger partial charge in [0.25, 0.3) is 5.91 Å². The molecule has 0 unspecified atom stereocenters. The Morgan fingerprint density at radius 2 is 2.04 bits per heavy atom. The van der Waals surface area contributed by atoms with Crippen LogP contribution in [-0.2, 0) is 12.8 Å². The molecule has 0 radical (unpaired) electrons. The minimum Gasteiger partial charge on any atom is -0.350 e. The molecular weight excluding hydrogens is 288 g/mol. The van der Waals surface area contributed by atoms with Gasteiger partial charge in [0.2, 0.25) is 0 Å². The number of aromatic nitrogens is 2. The second kappa shape index (κ2) is 7.95. The number of aromatic amines is 1. The van der Waals surface area contributed by atoms with E-state index in [2.05, 4.69) is 27.3 Å². The molecule has 0 atom stereocenters. The second-order valence-corrected chi connectivity index (χ2v) is 7.09. The summed E-state index contributed by atoms with van der Waals surface area (Å²) in [5.41, 5.74) is 2.99. The Balaban J connectivity index is 1.50. The molecule has 23 heavy (non-hydrogen) atoms. The maximum absolute atomic E-state index is 12.5. The zero-order valence-corrected chi connectivity index (χ0v) is 14.4. The van der Waals surface area contributed by atoms with Crippen molar-refractivity contribution in [3.8, 4) is 0 Å². The number of likely N-dealkylation sites (tertiary alicyclic amines) is 1. The third kappa shape index (κ3) is 4.14. The predicted molar refractivity (Wildman–Crippen MR) is 91.6 cm³/mol. The summed E-state index contributed by atoms with van der Waals surface area (Å²) in [5, 5.41) is 10.5. The van der Waals surface area contributed by atoms with Crippen LogP contribution in [0.3, 0.4) is 0 Å². The Labute approximate surface area is 139 Å². The molecule has 1 amide bonds. The molecule has 5 heteroatoms. The number of piperidine rings is 1. The Morgan fingerprint density at radius 3 is 2.83 bits per heavy atom. The van der Waals surface area contributed by atoms with Crippen molar-refractivity contribution >= 4 is 5.91 Å². The van der Waals surface area contributed by atoms with E-state index in [0.717, 1.165) is 24.9 Å². The van der Waals surface area contributed by atoms with Crippen LogP contribution in [0.4, 0.5) is 0 Å². The molecule has 1 aromatic heterocycles. The SMILES string of the molecule is CCCN1CCC(CNC(=O)c2n[nH]c3c2CCCCC3)CC1. The summed E-state index contributed by atoms with van der Waals surface area (Å²) >= 11 is 0. The summed E-state index contributed by atoms with van der Waals surface area (Å²) in [7, 11) is 0. The molecule has 0 spiro atoms. The number of H-pyrrole nitrogens is 1. The van der Waals surface area contributed by atoms with E-state index >= 15 is 0 Å².